The quantitative estimate of drug-likeness (QED) is 0.240. The molecule has 0 spiro atoms. The van der Waals surface area contributed by atoms with Gasteiger partial charge < -0.3 is 15.3 Å². The fourth-order valence-electron chi connectivity index (χ4n) is 3.68. The standard InChI is InChI=1S/C23H38O3/c1-5-22(2,3)12-8-6-10-17-18(21(26)20(25)16-19(17)24)11-7-9-13-23(4)14-15-23/h16,24-26H,5-15H2,1-4H3. The van der Waals surface area contributed by atoms with Crippen LogP contribution in [-0.4, -0.2) is 15.3 Å². The summed E-state index contributed by atoms with van der Waals surface area (Å²) < 4.78 is 0. The smallest absolute Gasteiger partial charge is 0.161 e. The van der Waals surface area contributed by atoms with E-state index >= 15 is 0 Å². The average Bonchev–Trinajstić information content (AvgIpc) is 3.32. The molecule has 0 aromatic heterocycles. The van der Waals surface area contributed by atoms with Gasteiger partial charge in [0, 0.05) is 17.2 Å². The van der Waals surface area contributed by atoms with Crippen molar-refractivity contribution in [2.45, 2.75) is 98.3 Å². The zero-order chi connectivity index (χ0) is 19.4. The Hall–Kier alpha value is -1.38. The minimum absolute atomic E-state index is 0.0377. The second-order valence-corrected chi connectivity index (χ2v) is 9.46. The van der Waals surface area contributed by atoms with Crippen LogP contribution in [0.3, 0.4) is 0 Å². The lowest BCUT2D eigenvalue weighted by Gasteiger charge is -2.22. The number of unbranched alkanes of at least 4 members (excludes halogenated alkanes) is 2. The van der Waals surface area contributed by atoms with Crippen LogP contribution in [0, 0.1) is 10.8 Å². The molecule has 2 rings (SSSR count). The molecule has 1 aromatic rings. The molecule has 0 amide bonds. The van der Waals surface area contributed by atoms with Crippen molar-refractivity contribution in [2.24, 2.45) is 10.8 Å². The van der Waals surface area contributed by atoms with E-state index in [1.165, 1.54) is 38.2 Å². The van der Waals surface area contributed by atoms with Crippen molar-refractivity contribution in [3.8, 4) is 17.2 Å². The molecule has 0 bridgehead atoms. The molecule has 1 aromatic carbocycles. The molecule has 3 N–H and O–H groups in total. The van der Waals surface area contributed by atoms with E-state index in [1.54, 1.807) is 0 Å². The molecular formula is C23H38O3. The third-order valence-corrected chi connectivity index (χ3v) is 6.52. The van der Waals surface area contributed by atoms with Crippen molar-refractivity contribution >= 4 is 0 Å². The van der Waals surface area contributed by atoms with Gasteiger partial charge in [0.2, 0.25) is 0 Å². The van der Waals surface area contributed by atoms with Crippen LogP contribution in [0.4, 0.5) is 0 Å². The van der Waals surface area contributed by atoms with Crippen molar-refractivity contribution < 1.29 is 15.3 Å². The van der Waals surface area contributed by atoms with Gasteiger partial charge in [-0.15, -0.1) is 0 Å². The van der Waals surface area contributed by atoms with Gasteiger partial charge in [-0.1, -0.05) is 47.0 Å². The van der Waals surface area contributed by atoms with Gasteiger partial charge in [0.25, 0.3) is 0 Å². The molecular weight excluding hydrogens is 324 g/mol. The fraction of sp³-hybridized carbons (Fsp3) is 0.739. The number of hydrogen-bond donors (Lipinski definition) is 3. The minimum atomic E-state index is -0.206. The van der Waals surface area contributed by atoms with Crippen molar-refractivity contribution in [3.05, 3.63) is 17.2 Å². The maximum atomic E-state index is 10.3. The first-order valence-corrected chi connectivity index (χ1v) is 10.4. The molecule has 1 saturated carbocycles. The van der Waals surface area contributed by atoms with E-state index in [0.29, 0.717) is 10.8 Å². The van der Waals surface area contributed by atoms with E-state index < -0.39 is 0 Å². The summed E-state index contributed by atoms with van der Waals surface area (Å²) >= 11 is 0. The summed E-state index contributed by atoms with van der Waals surface area (Å²) in [5.74, 6) is -0.119. The lowest BCUT2D eigenvalue weighted by molar-refractivity contribution is 0.309. The molecule has 0 radical (unpaired) electrons. The molecule has 1 aliphatic rings. The van der Waals surface area contributed by atoms with Gasteiger partial charge in [-0.25, -0.2) is 0 Å². The van der Waals surface area contributed by atoms with Gasteiger partial charge in [0.1, 0.15) is 5.75 Å². The summed E-state index contributed by atoms with van der Waals surface area (Å²) in [6.07, 6.45) is 12.0. The van der Waals surface area contributed by atoms with Crippen LogP contribution in [-0.2, 0) is 12.8 Å². The molecule has 1 aliphatic carbocycles. The zero-order valence-corrected chi connectivity index (χ0v) is 17.2. The van der Waals surface area contributed by atoms with E-state index in [9.17, 15) is 15.3 Å². The van der Waals surface area contributed by atoms with E-state index in [1.807, 2.05) is 0 Å². The summed E-state index contributed by atoms with van der Waals surface area (Å²) in [4.78, 5) is 0. The largest absolute Gasteiger partial charge is 0.508 e. The van der Waals surface area contributed by atoms with E-state index in [2.05, 4.69) is 27.7 Å². The first kappa shape index (κ1) is 20.9. The summed E-state index contributed by atoms with van der Waals surface area (Å²) in [7, 11) is 0. The van der Waals surface area contributed by atoms with Crippen molar-refractivity contribution in [1.29, 1.82) is 0 Å². The van der Waals surface area contributed by atoms with Crippen molar-refractivity contribution in [2.75, 3.05) is 0 Å². The maximum absolute atomic E-state index is 10.3. The van der Waals surface area contributed by atoms with Gasteiger partial charge in [-0.3, -0.25) is 0 Å². The van der Waals surface area contributed by atoms with Gasteiger partial charge in [-0.05, 0) is 62.2 Å². The van der Waals surface area contributed by atoms with Gasteiger partial charge in [-0.2, -0.15) is 0 Å². The lowest BCUT2D eigenvalue weighted by Crippen LogP contribution is -2.09. The predicted octanol–water partition coefficient (Wildman–Crippen LogP) is 6.47. The highest BCUT2D eigenvalue weighted by molar-refractivity contribution is 5.55. The topological polar surface area (TPSA) is 60.7 Å². The second-order valence-electron chi connectivity index (χ2n) is 9.46. The molecule has 3 nitrogen and oxygen atoms in total. The Bertz CT molecular complexity index is 600. The summed E-state index contributed by atoms with van der Waals surface area (Å²) in [5, 5.41) is 30.6. The average molecular weight is 363 g/mol. The third kappa shape index (κ3) is 5.82. The summed E-state index contributed by atoms with van der Waals surface area (Å²) in [5.41, 5.74) is 2.49. The SMILES string of the molecule is CCC(C)(C)CCCCc1c(O)cc(O)c(O)c1CCCCC1(C)CC1. The first-order chi connectivity index (χ1) is 12.2. The molecule has 0 atom stereocenters. The molecule has 26 heavy (non-hydrogen) atoms. The molecule has 148 valence electrons. The van der Waals surface area contributed by atoms with Gasteiger partial charge in [0.05, 0.1) is 0 Å². The van der Waals surface area contributed by atoms with E-state index in [-0.39, 0.29) is 17.2 Å². The van der Waals surface area contributed by atoms with E-state index in [0.717, 1.165) is 49.7 Å². The van der Waals surface area contributed by atoms with Crippen LogP contribution in [0.5, 0.6) is 17.2 Å². The summed E-state index contributed by atoms with van der Waals surface area (Å²) in [6, 6.07) is 1.29. The molecule has 3 heteroatoms. The Kier molecular flexibility index (Phi) is 6.87. The lowest BCUT2D eigenvalue weighted by atomic mass is 9.84. The number of phenolic OH excluding ortho intramolecular Hbond substituents is 3. The second kappa shape index (κ2) is 8.54. The number of benzene rings is 1. The van der Waals surface area contributed by atoms with Crippen LogP contribution >= 0.6 is 0 Å². The van der Waals surface area contributed by atoms with Gasteiger partial charge in [0.15, 0.2) is 11.5 Å². The Morgan fingerprint density at radius 3 is 2.15 bits per heavy atom. The highest BCUT2D eigenvalue weighted by atomic mass is 16.3. The van der Waals surface area contributed by atoms with Crippen molar-refractivity contribution in [1.82, 2.24) is 0 Å². The Balaban J connectivity index is 1.95. The highest BCUT2D eigenvalue weighted by Crippen LogP contribution is 2.49. The number of hydrogen-bond acceptors (Lipinski definition) is 3. The Morgan fingerprint density at radius 2 is 1.54 bits per heavy atom. The Morgan fingerprint density at radius 1 is 0.923 bits per heavy atom. The summed E-state index contributed by atoms with van der Waals surface area (Å²) in [6.45, 7) is 9.16. The number of aromatic hydroxyl groups is 3. The molecule has 0 saturated heterocycles. The first-order valence-electron chi connectivity index (χ1n) is 10.4. The van der Waals surface area contributed by atoms with Gasteiger partial charge >= 0.3 is 0 Å². The minimum Gasteiger partial charge on any atom is -0.508 e. The van der Waals surface area contributed by atoms with Crippen LogP contribution in [0.2, 0.25) is 0 Å². The van der Waals surface area contributed by atoms with Crippen LogP contribution in [0.1, 0.15) is 96.6 Å². The Labute approximate surface area is 159 Å². The molecule has 1 fully saturated rings. The van der Waals surface area contributed by atoms with Crippen LogP contribution < -0.4 is 0 Å². The molecule has 0 unspecified atom stereocenters. The maximum Gasteiger partial charge on any atom is 0.161 e. The van der Waals surface area contributed by atoms with Crippen molar-refractivity contribution in [3.63, 3.8) is 0 Å². The molecule has 0 aliphatic heterocycles. The predicted molar refractivity (Wildman–Crippen MR) is 108 cm³/mol. The van der Waals surface area contributed by atoms with Crippen LogP contribution in [0.25, 0.3) is 0 Å². The monoisotopic (exact) mass is 362 g/mol. The van der Waals surface area contributed by atoms with E-state index in [4.69, 9.17) is 0 Å². The fourth-order valence-corrected chi connectivity index (χ4v) is 3.68. The number of phenols is 3. The zero-order valence-electron chi connectivity index (χ0n) is 17.2. The molecule has 0 heterocycles. The van der Waals surface area contributed by atoms with Crippen LogP contribution in [0.15, 0.2) is 6.07 Å². The normalized spacial score (nSPS) is 16.0. The third-order valence-electron chi connectivity index (χ3n) is 6.52. The highest BCUT2D eigenvalue weighted by Gasteiger charge is 2.36. The number of rotatable bonds is 11.